The summed E-state index contributed by atoms with van der Waals surface area (Å²) in [6.45, 7) is 4.82. The number of urea groups is 1. The van der Waals surface area contributed by atoms with Crippen molar-refractivity contribution in [3.63, 3.8) is 0 Å². The van der Waals surface area contributed by atoms with E-state index in [0.717, 1.165) is 19.5 Å². The molecule has 0 aromatic heterocycles. The van der Waals surface area contributed by atoms with Gasteiger partial charge in [0.1, 0.15) is 6.04 Å². The van der Waals surface area contributed by atoms with Gasteiger partial charge >= 0.3 is 12.0 Å². The number of aliphatic carboxylic acids is 1. The first-order valence-corrected chi connectivity index (χ1v) is 7.88. The van der Waals surface area contributed by atoms with Crippen LogP contribution in [0.4, 0.5) is 4.79 Å². The number of rotatable bonds is 4. The quantitative estimate of drug-likeness (QED) is 0.794. The van der Waals surface area contributed by atoms with Crippen molar-refractivity contribution in [1.29, 1.82) is 0 Å². The Balaban J connectivity index is 1.82. The number of nitrogens with one attached hydrogen (secondary N) is 1. The van der Waals surface area contributed by atoms with Crippen LogP contribution in [0.5, 0.6) is 0 Å². The van der Waals surface area contributed by atoms with Gasteiger partial charge in [0, 0.05) is 18.3 Å². The molecule has 0 aromatic carbocycles. The number of carboxylic acid groups (broad SMARTS) is 1. The Labute approximate surface area is 117 Å². The van der Waals surface area contributed by atoms with E-state index in [9.17, 15) is 9.59 Å². The lowest BCUT2D eigenvalue weighted by Crippen LogP contribution is -2.49. The molecule has 0 saturated carbocycles. The predicted octanol–water partition coefficient (Wildman–Crippen LogP) is 0.640. The van der Waals surface area contributed by atoms with Crippen molar-refractivity contribution in [2.24, 2.45) is 0 Å². The number of nitrogens with zero attached hydrogens (tertiary/aromatic N) is 2. The average molecular weight is 287 g/mol. The van der Waals surface area contributed by atoms with Crippen molar-refractivity contribution in [3.05, 3.63) is 0 Å². The molecule has 108 valence electrons. The third-order valence-corrected chi connectivity index (χ3v) is 4.83. The Hall–Kier alpha value is -0.950. The molecule has 19 heavy (non-hydrogen) atoms. The fourth-order valence-corrected chi connectivity index (χ4v) is 3.84. The first-order chi connectivity index (χ1) is 9.13. The Kier molecular flexibility index (Phi) is 4.93. The van der Waals surface area contributed by atoms with Crippen molar-refractivity contribution in [1.82, 2.24) is 15.1 Å². The van der Waals surface area contributed by atoms with E-state index in [1.54, 1.807) is 0 Å². The second-order valence-electron chi connectivity index (χ2n) is 4.93. The number of carboxylic acids is 1. The van der Waals surface area contributed by atoms with Crippen LogP contribution >= 0.6 is 11.8 Å². The maximum atomic E-state index is 12.0. The first kappa shape index (κ1) is 14.5. The third kappa shape index (κ3) is 3.33. The fraction of sp³-hybridized carbons (Fsp3) is 0.833. The molecule has 2 fully saturated rings. The number of likely N-dealkylation sites (tertiary alicyclic amines) is 1. The minimum absolute atomic E-state index is 0.250. The van der Waals surface area contributed by atoms with Crippen molar-refractivity contribution in [2.45, 2.75) is 31.8 Å². The highest BCUT2D eigenvalue weighted by Gasteiger charge is 2.35. The standard InChI is InChI=1S/C12H21N3O3S/c1-2-14-5-3-4-9(14)6-13-12(18)15-8-19-7-10(15)11(16)17/h9-10H,2-8H2,1H3,(H,13,18)(H,16,17)/t9?,10-/m0/s1. The molecule has 2 rings (SSSR count). The Morgan fingerprint density at radius 3 is 2.95 bits per heavy atom. The second-order valence-corrected chi connectivity index (χ2v) is 5.93. The summed E-state index contributed by atoms with van der Waals surface area (Å²) in [5.41, 5.74) is 0. The topological polar surface area (TPSA) is 72.9 Å². The number of thioether (sulfide) groups is 1. The van der Waals surface area contributed by atoms with Gasteiger partial charge in [-0.25, -0.2) is 9.59 Å². The SMILES string of the molecule is CCN1CCCC1CNC(=O)N1CSC[C@H]1C(=O)O. The number of likely N-dealkylation sites (N-methyl/N-ethyl adjacent to an activating group) is 1. The van der Waals surface area contributed by atoms with Crippen LogP contribution in [0.3, 0.4) is 0 Å². The molecule has 2 atom stereocenters. The minimum Gasteiger partial charge on any atom is -0.480 e. The van der Waals surface area contributed by atoms with E-state index >= 15 is 0 Å². The van der Waals surface area contributed by atoms with Gasteiger partial charge in [-0.2, -0.15) is 0 Å². The van der Waals surface area contributed by atoms with Gasteiger partial charge in [0.2, 0.25) is 0 Å². The van der Waals surface area contributed by atoms with Gasteiger partial charge in [-0.1, -0.05) is 6.92 Å². The summed E-state index contributed by atoms with van der Waals surface area (Å²) in [4.78, 5) is 26.8. The maximum Gasteiger partial charge on any atom is 0.327 e. The lowest BCUT2D eigenvalue weighted by molar-refractivity contribution is -0.140. The molecule has 0 bridgehead atoms. The van der Waals surface area contributed by atoms with E-state index < -0.39 is 12.0 Å². The Bertz CT molecular complexity index is 353. The summed E-state index contributed by atoms with van der Waals surface area (Å²) in [5.74, 6) is 0.0225. The van der Waals surface area contributed by atoms with Crippen LogP contribution < -0.4 is 5.32 Å². The molecular weight excluding hydrogens is 266 g/mol. The van der Waals surface area contributed by atoms with Gasteiger partial charge in [-0.05, 0) is 25.9 Å². The normalized spacial score (nSPS) is 27.7. The lowest BCUT2D eigenvalue weighted by atomic mass is 10.2. The molecule has 0 spiro atoms. The maximum absolute atomic E-state index is 12.0. The summed E-state index contributed by atoms with van der Waals surface area (Å²) in [5, 5.41) is 11.9. The molecule has 2 amide bonds. The molecule has 1 unspecified atom stereocenters. The van der Waals surface area contributed by atoms with Gasteiger partial charge < -0.3 is 15.3 Å². The zero-order valence-corrected chi connectivity index (χ0v) is 12.0. The highest BCUT2D eigenvalue weighted by atomic mass is 32.2. The summed E-state index contributed by atoms with van der Waals surface area (Å²) in [6.07, 6.45) is 2.27. The lowest BCUT2D eigenvalue weighted by Gasteiger charge is -2.25. The molecule has 7 heteroatoms. The smallest absolute Gasteiger partial charge is 0.327 e. The summed E-state index contributed by atoms with van der Waals surface area (Å²) < 4.78 is 0. The van der Waals surface area contributed by atoms with Crippen LogP contribution in [0, 0.1) is 0 Å². The molecule has 2 aliphatic heterocycles. The minimum atomic E-state index is -0.920. The summed E-state index contributed by atoms with van der Waals surface area (Å²) in [6, 6.07) is -0.538. The van der Waals surface area contributed by atoms with E-state index in [-0.39, 0.29) is 6.03 Å². The zero-order valence-electron chi connectivity index (χ0n) is 11.2. The molecule has 2 aliphatic rings. The molecule has 0 aromatic rings. The molecule has 2 heterocycles. The Morgan fingerprint density at radius 1 is 1.47 bits per heavy atom. The third-order valence-electron chi connectivity index (χ3n) is 3.82. The summed E-state index contributed by atoms with van der Waals surface area (Å²) >= 11 is 1.48. The van der Waals surface area contributed by atoms with E-state index in [1.807, 2.05) is 0 Å². The number of carbonyl (C=O) groups excluding carboxylic acids is 1. The van der Waals surface area contributed by atoms with Crippen molar-refractivity contribution in [2.75, 3.05) is 31.3 Å². The number of hydrogen-bond donors (Lipinski definition) is 2. The molecule has 2 N–H and O–H groups in total. The molecule has 0 radical (unpaired) electrons. The van der Waals surface area contributed by atoms with E-state index in [1.165, 1.54) is 23.1 Å². The molecule has 0 aliphatic carbocycles. The van der Waals surface area contributed by atoms with Crippen LogP contribution in [0.2, 0.25) is 0 Å². The monoisotopic (exact) mass is 287 g/mol. The van der Waals surface area contributed by atoms with Crippen LogP contribution in [0.1, 0.15) is 19.8 Å². The van der Waals surface area contributed by atoms with Gasteiger partial charge in [0.15, 0.2) is 0 Å². The molecule has 2 saturated heterocycles. The van der Waals surface area contributed by atoms with Crippen molar-refractivity contribution in [3.8, 4) is 0 Å². The number of carbonyl (C=O) groups is 2. The van der Waals surface area contributed by atoms with Gasteiger partial charge in [0.25, 0.3) is 0 Å². The van der Waals surface area contributed by atoms with E-state index in [0.29, 0.717) is 24.2 Å². The van der Waals surface area contributed by atoms with Gasteiger partial charge in [-0.3, -0.25) is 4.90 Å². The Morgan fingerprint density at radius 2 is 2.26 bits per heavy atom. The van der Waals surface area contributed by atoms with Gasteiger partial charge in [0.05, 0.1) is 5.88 Å². The largest absolute Gasteiger partial charge is 0.480 e. The predicted molar refractivity (Wildman–Crippen MR) is 74.3 cm³/mol. The van der Waals surface area contributed by atoms with Crippen LogP contribution in [0.15, 0.2) is 0 Å². The van der Waals surface area contributed by atoms with Crippen molar-refractivity contribution >= 4 is 23.8 Å². The van der Waals surface area contributed by atoms with E-state index in [2.05, 4.69) is 17.1 Å². The first-order valence-electron chi connectivity index (χ1n) is 6.72. The fourth-order valence-electron chi connectivity index (χ4n) is 2.70. The molecular formula is C12H21N3O3S. The van der Waals surface area contributed by atoms with Crippen LogP contribution in [-0.4, -0.2) is 70.3 Å². The number of amides is 2. The van der Waals surface area contributed by atoms with Gasteiger partial charge in [-0.15, -0.1) is 11.8 Å². The molecule has 6 nitrogen and oxygen atoms in total. The van der Waals surface area contributed by atoms with Crippen LogP contribution in [-0.2, 0) is 4.79 Å². The van der Waals surface area contributed by atoms with E-state index in [4.69, 9.17) is 5.11 Å². The zero-order chi connectivity index (χ0) is 13.8. The highest BCUT2D eigenvalue weighted by molar-refractivity contribution is 7.99. The second kappa shape index (κ2) is 6.47. The highest BCUT2D eigenvalue weighted by Crippen LogP contribution is 2.21. The number of hydrogen-bond acceptors (Lipinski definition) is 4. The summed E-state index contributed by atoms with van der Waals surface area (Å²) in [7, 11) is 0. The van der Waals surface area contributed by atoms with Crippen LogP contribution in [0.25, 0.3) is 0 Å². The van der Waals surface area contributed by atoms with Crippen molar-refractivity contribution < 1.29 is 14.7 Å². The average Bonchev–Trinajstić information content (AvgIpc) is 3.04.